The molecule has 0 radical (unpaired) electrons. The Morgan fingerprint density at radius 1 is 1.05 bits per heavy atom. The average molecular weight is 270 g/mol. The molecule has 0 aliphatic carbocycles. The van der Waals surface area contributed by atoms with Crippen molar-refractivity contribution in [2.45, 2.75) is 20.0 Å². The Hall–Kier alpha value is -2.33. The number of aliphatic hydroxyl groups is 1. The maximum absolute atomic E-state index is 11.8. The Morgan fingerprint density at radius 3 is 2.30 bits per heavy atom. The van der Waals surface area contributed by atoms with Crippen molar-refractivity contribution in [3.8, 4) is 0 Å². The van der Waals surface area contributed by atoms with Gasteiger partial charge in [-0.2, -0.15) is 0 Å². The molecule has 0 aliphatic heterocycles. The Morgan fingerprint density at radius 2 is 1.70 bits per heavy atom. The Kier molecular flexibility index (Phi) is 4.38. The predicted molar refractivity (Wildman–Crippen MR) is 80.9 cm³/mol. The number of anilines is 2. The Bertz CT molecular complexity index is 592. The number of hydrogen-bond donors (Lipinski definition) is 3. The minimum Gasteiger partial charge on any atom is -0.389 e. The number of carbonyl (C=O) groups is 1. The van der Waals surface area contributed by atoms with Gasteiger partial charge in [-0.3, -0.25) is 0 Å². The van der Waals surface area contributed by atoms with E-state index in [2.05, 4.69) is 10.6 Å². The van der Waals surface area contributed by atoms with Crippen molar-refractivity contribution in [2.75, 3.05) is 10.6 Å². The number of aryl methyl sites for hydroxylation is 1. The zero-order valence-corrected chi connectivity index (χ0v) is 11.6. The molecule has 0 bridgehead atoms. The summed E-state index contributed by atoms with van der Waals surface area (Å²) < 4.78 is 0. The van der Waals surface area contributed by atoms with Crippen LogP contribution in [0.25, 0.3) is 0 Å². The molecule has 0 fully saturated rings. The lowest BCUT2D eigenvalue weighted by Gasteiger charge is -2.09. The predicted octanol–water partition coefficient (Wildman–Crippen LogP) is 3.69. The van der Waals surface area contributed by atoms with Crippen LogP contribution in [0, 0.1) is 6.92 Å². The van der Waals surface area contributed by atoms with Crippen molar-refractivity contribution >= 4 is 17.4 Å². The summed E-state index contributed by atoms with van der Waals surface area (Å²) in [6.07, 6.45) is -0.509. The number of carbonyl (C=O) groups excluding carboxylic acids is 1. The van der Waals surface area contributed by atoms with E-state index in [-0.39, 0.29) is 6.03 Å². The minimum atomic E-state index is -0.509. The molecule has 2 aromatic rings. The van der Waals surface area contributed by atoms with Gasteiger partial charge in [0.1, 0.15) is 0 Å². The monoisotopic (exact) mass is 270 g/mol. The first-order valence-corrected chi connectivity index (χ1v) is 6.47. The molecule has 1 atom stereocenters. The molecule has 0 spiro atoms. The third-order valence-corrected chi connectivity index (χ3v) is 2.93. The number of hydrogen-bond acceptors (Lipinski definition) is 2. The highest BCUT2D eigenvalue weighted by atomic mass is 16.3. The summed E-state index contributed by atoms with van der Waals surface area (Å²) in [6.45, 7) is 3.67. The lowest BCUT2D eigenvalue weighted by molar-refractivity contribution is 0.199. The van der Waals surface area contributed by atoms with E-state index in [9.17, 15) is 9.90 Å². The summed E-state index contributed by atoms with van der Waals surface area (Å²) in [4.78, 5) is 11.8. The zero-order valence-electron chi connectivity index (χ0n) is 11.6. The average Bonchev–Trinajstić information content (AvgIpc) is 2.39. The highest BCUT2D eigenvalue weighted by Crippen LogP contribution is 2.16. The first-order chi connectivity index (χ1) is 9.54. The Labute approximate surface area is 118 Å². The van der Waals surface area contributed by atoms with E-state index in [1.165, 1.54) is 0 Å². The fourth-order valence-electron chi connectivity index (χ4n) is 1.86. The molecule has 1 unspecified atom stereocenters. The molecular formula is C16H18N2O2. The van der Waals surface area contributed by atoms with Gasteiger partial charge in [-0.15, -0.1) is 0 Å². The van der Waals surface area contributed by atoms with E-state index in [0.29, 0.717) is 5.69 Å². The molecule has 0 saturated heterocycles. The van der Waals surface area contributed by atoms with Gasteiger partial charge >= 0.3 is 6.03 Å². The van der Waals surface area contributed by atoms with Crippen molar-refractivity contribution in [1.82, 2.24) is 0 Å². The molecule has 0 aliphatic rings. The third kappa shape index (κ3) is 3.83. The first-order valence-electron chi connectivity index (χ1n) is 6.47. The molecule has 20 heavy (non-hydrogen) atoms. The lowest BCUT2D eigenvalue weighted by atomic mass is 10.1. The summed E-state index contributed by atoms with van der Waals surface area (Å²) in [5.41, 5.74) is 3.33. The van der Waals surface area contributed by atoms with Gasteiger partial charge in [0.15, 0.2) is 0 Å². The quantitative estimate of drug-likeness (QED) is 0.796. The van der Waals surface area contributed by atoms with Crippen LogP contribution in [0.1, 0.15) is 24.2 Å². The van der Waals surface area contributed by atoms with Crippen molar-refractivity contribution < 1.29 is 9.90 Å². The second kappa shape index (κ2) is 6.21. The molecule has 4 heteroatoms. The number of benzene rings is 2. The molecule has 0 heterocycles. The standard InChI is InChI=1S/C16H18N2O2/c1-11-4-3-5-15(10-11)18-16(20)17-14-8-6-13(7-9-14)12(2)19/h3-10,12,19H,1-2H3,(H2,17,18,20). The largest absolute Gasteiger partial charge is 0.389 e. The topological polar surface area (TPSA) is 61.4 Å². The van der Waals surface area contributed by atoms with E-state index in [0.717, 1.165) is 16.8 Å². The molecule has 104 valence electrons. The van der Waals surface area contributed by atoms with Crippen molar-refractivity contribution in [3.05, 3.63) is 59.7 Å². The summed E-state index contributed by atoms with van der Waals surface area (Å²) in [6, 6.07) is 14.4. The van der Waals surface area contributed by atoms with E-state index in [1.807, 2.05) is 31.2 Å². The number of amides is 2. The Balaban J connectivity index is 1.97. The van der Waals surface area contributed by atoms with E-state index in [1.54, 1.807) is 31.2 Å². The van der Waals surface area contributed by atoms with Crippen LogP contribution in [0.4, 0.5) is 16.2 Å². The van der Waals surface area contributed by atoms with Gasteiger partial charge in [-0.25, -0.2) is 4.79 Å². The van der Waals surface area contributed by atoms with Gasteiger partial charge in [0.25, 0.3) is 0 Å². The SMILES string of the molecule is Cc1cccc(NC(=O)Nc2ccc(C(C)O)cc2)c1. The minimum absolute atomic E-state index is 0.291. The van der Waals surface area contributed by atoms with Crippen molar-refractivity contribution in [3.63, 3.8) is 0 Å². The van der Waals surface area contributed by atoms with Crippen molar-refractivity contribution in [1.29, 1.82) is 0 Å². The first kappa shape index (κ1) is 14.1. The molecule has 4 nitrogen and oxygen atoms in total. The van der Waals surface area contributed by atoms with Gasteiger partial charge in [-0.05, 0) is 49.2 Å². The van der Waals surface area contributed by atoms with Crippen molar-refractivity contribution in [2.24, 2.45) is 0 Å². The maximum atomic E-state index is 11.8. The van der Waals surface area contributed by atoms with Crippen LogP contribution >= 0.6 is 0 Å². The van der Waals surface area contributed by atoms with Crippen LogP contribution in [0.2, 0.25) is 0 Å². The highest BCUT2D eigenvalue weighted by molar-refractivity contribution is 5.99. The molecule has 0 aromatic heterocycles. The van der Waals surface area contributed by atoms with Gasteiger partial charge < -0.3 is 15.7 Å². The molecule has 3 N–H and O–H groups in total. The maximum Gasteiger partial charge on any atom is 0.323 e. The second-order valence-electron chi connectivity index (χ2n) is 4.75. The molecule has 2 amide bonds. The van der Waals surface area contributed by atoms with Gasteiger partial charge in [-0.1, -0.05) is 24.3 Å². The summed E-state index contributed by atoms with van der Waals surface area (Å²) in [5.74, 6) is 0. The number of aliphatic hydroxyl groups excluding tert-OH is 1. The number of rotatable bonds is 3. The van der Waals surface area contributed by atoms with Crippen LogP contribution < -0.4 is 10.6 Å². The third-order valence-electron chi connectivity index (χ3n) is 2.93. The van der Waals surface area contributed by atoms with Crippen LogP contribution in [0.15, 0.2) is 48.5 Å². The molecule has 2 rings (SSSR count). The van der Waals surface area contributed by atoms with Crippen LogP contribution in [-0.4, -0.2) is 11.1 Å². The van der Waals surface area contributed by atoms with Crippen LogP contribution in [0.5, 0.6) is 0 Å². The van der Waals surface area contributed by atoms with Crippen LogP contribution in [0.3, 0.4) is 0 Å². The smallest absolute Gasteiger partial charge is 0.323 e. The van der Waals surface area contributed by atoms with E-state index >= 15 is 0 Å². The zero-order chi connectivity index (χ0) is 14.5. The normalized spacial score (nSPS) is 11.8. The lowest BCUT2D eigenvalue weighted by Crippen LogP contribution is -2.19. The van der Waals surface area contributed by atoms with Crippen LogP contribution in [-0.2, 0) is 0 Å². The summed E-state index contributed by atoms with van der Waals surface area (Å²) in [7, 11) is 0. The molecule has 0 saturated carbocycles. The number of nitrogens with one attached hydrogen (secondary N) is 2. The fourth-order valence-corrected chi connectivity index (χ4v) is 1.86. The second-order valence-corrected chi connectivity index (χ2v) is 4.75. The molecular weight excluding hydrogens is 252 g/mol. The highest BCUT2D eigenvalue weighted by Gasteiger charge is 2.04. The fraction of sp³-hybridized carbons (Fsp3) is 0.188. The van der Waals surface area contributed by atoms with Gasteiger partial charge in [0.05, 0.1) is 6.10 Å². The van der Waals surface area contributed by atoms with E-state index in [4.69, 9.17) is 0 Å². The summed E-state index contributed by atoms with van der Waals surface area (Å²) >= 11 is 0. The van der Waals surface area contributed by atoms with Gasteiger partial charge in [0, 0.05) is 11.4 Å². The van der Waals surface area contributed by atoms with E-state index < -0.39 is 6.10 Å². The van der Waals surface area contributed by atoms with Gasteiger partial charge in [0.2, 0.25) is 0 Å². The molecule has 2 aromatic carbocycles. The number of urea groups is 1. The summed E-state index contributed by atoms with van der Waals surface area (Å²) in [5, 5.41) is 14.9.